The monoisotopic (exact) mass is 260 g/mol. The maximum Gasteiger partial charge on any atom is 0.240 e. The van der Waals surface area contributed by atoms with E-state index in [9.17, 15) is 4.79 Å². The highest BCUT2D eigenvalue weighted by atomic mass is 16.5. The fraction of sp³-hybridized carbons (Fsp3) is 0.533. The number of hydrogen-bond acceptors (Lipinski definition) is 3. The molecular formula is C15H20N2O2. The predicted molar refractivity (Wildman–Crippen MR) is 73.1 cm³/mol. The minimum atomic E-state index is -0.377. The number of fused-ring (bicyclic) bond motifs is 1. The molecule has 1 fully saturated rings. The molecule has 2 atom stereocenters. The zero-order chi connectivity index (χ0) is 13.3. The fourth-order valence-electron chi connectivity index (χ4n) is 3.04. The summed E-state index contributed by atoms with van der Waals surface area (Å²) in [5.74, 6) is 0.996. The van der Waals surface area contributed by atoms with Crippen molar-refractivity contribution in [3.05, 3.63) is 29.8 Å². The van der Waals surface area contributed by atoms with E-state index < -0.39 is 0 Å². The second-order valence-electron chi connectivity index (χ2n) is 5.34. The summed E-state index contributed by atoms with van der Waals surface area (Å²) in [4.78, 5) is 12.5. The summed E-state index contributed by atoms with van der Waals surface area (Å²) in [5, 5.41) is 6.51. The molecule has 2 aliphatic heterocycles. The van der Waals surface area contributed by atoms with E-state index in [1.54, 1.807) is 0 Å². The smallest absolute Gasteiger partial charge is 0.240 e. The second-order valence-corrected chi connectivity index (χ2v) is 5.34. The highest BCUT2D eigenvalue weighted by Crippen LogP contribution is 2.33. The third kappa shape index (κ3) is 2.10. The number of carbonyl (C=O) groups excluding carboxylic acids is 1. The molecule has 2 N–H and O–H groups in total. The van der Waals surface area contributed by atoms with Gasteiger partial charge in [0.15, 0.2) is 0 Å². The summed E-state index contributed by atoms with van der Waals surface area (Å²) in [7, 11) is 0. The summed E-state index contributed by atoms with van der Waals surface area (Å²) in [6.07, 6.45) is 2.82. The molecule has 1 saturated heterocycles. The van der Waals surface area contributed by atoms with Crippen molar-refractivity contribution in [1.29, 1.82) is 0 Å². The Hall–Kier alpha value is -1.55. The Labute approximate surface area is 113 Å². The number of rotatable bonds is 3. The molecule has 4 heteroatoms. The topological polar surface area (TPSA) is 50.4 Å². The van der Waals surface area contributed by atoms with Gasteiger partial charge in [0, 0.05) is 5.56 Å². The molecule has 3 rings (SSSR count). The molecule has 0 bridgehead atoms. The largest absolute Gasteiger partial charge is 0.491 e. The van der Waals surface area contributed by atoms with Gasteiger partial charge in [0.25, 0.3) is 0 Å². The number of nitrogens with one attached hydrogen (secondary N) is 2. The summed E-state index contributed by atoms with van der Waals surface area (Å²) in [6.45, 7) is 3.53. The molecule has 2 unspecified atom stereocenters. The number of hydrogen-bond donors (Lipinski definition) is 2. The fourth-order valence-corrected chi connectivity index (χ4v) is 3.04. The lowest BCUT2D eigenvalue weighted by molar-refractivity contribution is -0.128. The van der Waals surface area contributed by atoms with Gasteiger partial charge in [-0.3, -0.25) is 4.79 Å². The van der Waals surface area contributed by atoms with Gasteiger partial charge in [0.05, 0.1) is 11.6 Å². The van der Waals surface area contributed by atoms with E-state index in [0.717, 1.165) is 37.1 Å². The number of para-hydroxylation sites is 1. The molecule has 4 nitrogen and oxygen atoms in total. The summed E-state index contributed by atoms with van der Waals surface area (Å²) in [6, 6.07) is 7.89. The normalized spacial score (nSPS) is 28.8. The van der Waals surface area contributed by atoms with Gasteiger partial charge >= 0.3 is 0 Å². The Morgan fingerprint density at radius 3 is 3.11 bits per heavy atom. The Balaban J connectivity index is 1.74. The van der Waals surface area contributed by atoms with Crippen LogP contribution >= 0.6 is 0 Å². The second kappa shape index (κ2) is 4.85. The van der Waals surface area contributed by atoms with E-state index in [4.69, 9.17) is 4.74 Å². The van der Waals surface area contributed by atoms with Crippen LogP contribution in [0.25, 0.3) is 0 Å². The number of ether oxygens (including phenoxy) is 1. The van der Waals surface area contributed by atoms with E-state index >= 15 is 0 Å². The molecule has 0 radical (unpaired) electrons. The lowest BCUT2D eigenvalue weighted by Gasteiger charge is -2.28. The molecular weight excluding hydrogens is 240 g/mol. The van der Waals surface area contributed by atoms with Crippen molar-refractivity contribution in [2.75, 3.05) is 13.2 Å². The Morgan fingerprint density at radius 2 is 2.37 bits per heavy atom. The van der Waals surface area contributed by atoms with Crippen molar-refractivity contribution in [2.24, 2.45) is 0 Å². The van der Waals surface area contributed by atoms with Gasteiger partial charge in [-0.2, -0.15) is 0 Å². The van der Waals surface area contributed by atoms with Crippen LogP contribution in [0, 0.1) is 0 Å². The molecule has 1 aromatic rings. The summed E-state index contributed by atoms with van der Waals surface area (Å²) >= 11 is 0. The highest BCUT2D eigenvalue weighted by Gasteiger charge is 2.40. The summed E-state index contributed by atoms with van der Waals surface area (Å²) in [5.41, 5.74) is 0.706. The molecule has 1 aromatic carbocycles. The third-order valence-corrected chi connectivity index (χ3v) is 4.29. The van der Waals surface area contributed by atoms with Crippen molar-refractivity contribution in [3.63, 3.8) is 0 Å². The number of benzene rings is 1. The van der Waals surface area contributed by atoms with Gasteiger partial charge in [-0.25, -0.2) is 0 Å². The standard InChI is InChI=1S/C15H20N2O2/c1-2-15(8-5-9-16-15)14(18)17-12-10-19-13-7-4-3-6-11(12)13/h3-4,6-7,12,16H,2,5,8-10H2,1H3,(H,17,18). The lowest BCUT2D eigenvalue weighted by atomic mass is 9.92. The van der Waals surface area contributed by atoms with E-state index in [-0.39, 0.29) is 17.5 Å². The van der Waals surface area contributed by atoms with E-state index in [2.05, 4.69) is 17.6 Å². The lowest BCUT2D eigenvalue weighted by Crippen LogP contribution is -2.53. The first-order valence-electron chi connectivity index (χ1n) is 7.03. The van der Waals surface area contributed by atoms with Crippen molar-refractivity contribution >= 4 is 5.91 Å². The van der Waals surface area contributed by atoms with Crippen molar-refractivity contribution in [1.82, 2.24) is 10.6 Å². The zero-order valence-electron chi connectivity index (χ0n) is 11.2. The zero-order valence-corrected chi connectivity index (χ0v) is 11.2. The summed E-state index contributed by atoms with van der Waals surface area (Å²) < 4.78 is 5.61. The predicted octanol–water partition coefficient (Wildman–Crippen LogP) is 1.77. The maximum atomic E-state index is 12.5. The van der Waals surface area contributed by atoms with Gasteiger partial charge in [-0.1, -0.05) is 25.1 Å². The molecule has 102 valence electrons. The number of amides is 1. The molecule has 2 aliphatic rings. The van der Waals surface area contributed by atoms with Crippen LogP contribution in [0.3, 0.4) is 0 Å². The van der Waals surface area contributed by atoms with Gasteiger partial charge in [-0.05, 0) is 31.9 Å². The third-order valence-electron chi connectivity index (χ3n) is 4.29. The SMILES string of the molecule is CCC1(C(=O)NC2COc3ccccc32)CCCN1. The van der Waals surface area contributed by atoms with Gasteiger partial charge < -0.3 is 15.4 Å². The Morgan fingerprint density at radius 1 is 1.53 bits per heavy atom. The minimum Gasteiger partial charge on any atom is -0.491 e. The van der Waals surface area contributed by atoms with Crippen LogP contribution in [-0.2, 0) is 4.79 Å². The molecule has 0 spiro atoms. The Kier molecular flexibility index (Phi) is 3.19. The van der Waals surface area contributed by atoms with Crippen LogP contribution in [0.1, 0.15) is 37.8 Å². The minimum absolute atomic E-state index is 0.0190. The Bertz CT molecular complexity index is 481. The van der Waals surface area contributed by atoms with Crippen molar-refractivity contribution < 1.29 is 9.53 Å². The average Bonchev–Trinajstić information content (AvgIpc) is 3.07. The highest BCUT2D eigenvalue weighted by molar-refractivity contribution is 5.87. The quantitative estimate of drug-likeness (QED) is 0.871. The van der Waals surface area contributed by atoms with E-state index in [0.29, 0.717) is 6.61 Å². The van der Waals surface area contributed by atoms with Crippen molar-refractivity contribution in [3.8, 4) is 5.75 Å². The van der Waals surface area contributed by atoms with Crippen LogP contribution in [-0.4, -0.2) is 24.6 Å². The molecule has 0 aliphatic carbocycles. The maximum absolute atomic E-state index is 12.5. The van der Waals surface area contributed by atoms with Crippen LogP contribution in [0.4, 0.5) is 0 Å². The molecule has 19 heavy (non-hydrogen) atoms. The van der Waals surface area contributed by atoms with Gasteiger partial charge in [-0.15, -0.1) is 0 Å². The molecule has 0 saturated carbocycles. The van der Waals surface area contributed by atoms with Crippen LogP contribution in [0.2, 0.25) is 0 Å². The van der Waals surface area contributed by atoms with Crippen molar-refractivity contribution in [2.45, 2.75) is 37.8 Å². The number of carbonyl (C=O) groups is 1. The average molecular weight is 260 g/mol. The van der Waals surface area contributed by atoms with E-state index in [1.807, 2.05) is 24.3 Å². The van der Waals surface area contributed by atoms with Crippen LogP contribution in [0.15, 0.2) is 24.3 Å². The first-order chi connectivity index (χ1) is 9.25. The van der Waals surface area contributed by atoms with E-state index in [1.165, 1.54) is 0 Å². The molecule has 2 heterocycles. The van der Waals surface area contributed by atoms with Gasteiger partial charge in [0.1, 0.15) is 12.4 Å². The molecule has 0 aromatic heterocycles. The van der Waals surface area contributed by atoms with Gasteiger partial charge in [0.2, 0.25) is 5.91 Å². The van der Waals surface area contributed by atoms with Crippen LogP contribution < -0.4 is 15.4 Å². The first-order valence-corrected chi connectivity index (χ1v) is 7.03. The molecule has 1 amide bonds. The van der Waals surface area contributed by atoms with Crippen LogP contribution in [0.5, 0.6) is 5.75 Å². The first kappa shape index (κ1) is 12.5.